The predicted octanol–water partition coefficient (Wildman–Crippen LogP) is 11.1. The zero-order valence-electron chi connectivity index (χ0n) is 22.3. The van der Waals surface area contributed by atoms with Gasteiger partial charge in [0.2, 0.25) is 0 Å². The fraction of sp³-hybridized carbons (Fsp3) is 0.0256. The highest BCUT2D eigenvalue weighted by atomic mass is 15.1. The molecule has 7 aromatic rings. The van der Waals surface area contributed by atoms with E-state index >= 15 is 0 Å². The van der Waals surface area contributed by atoms with Gasteiger partial charge in [-0.1, -0.05) is 84.9 Å². The Morgan fingerprint density at radius 2 is 0.925 bits per heavy atom. The van der Waals surface area contributed by atoms with Crippen LogP contribution in [0.3, 0.4) is 0 Å². The predicted molar refractivity (Wildman–Crippen MR) is 171 cm³/mol. The number of benzene rings is 7. The third-order valence-electron chi connectivity index (χ3n) is 8.25. The zero-order chi connectivity index (χ0) is 26.6. The minimum atomic E-state index is 1.16. The molecule has 0 fully saturated rings. The summed E-state index contributed by atoms with van der Waals surface area (Å²) in [4.78, 5) is 2.36. The SMILES string of the molecule is Cc1ccccc1N(c1ccccc1)c1ccc2cc3c(cc2c1)-c1cc2ccc(-c4ccccc4)cc2cc1-3. The molecule has 7 aromatic carbocycles. The largest absolute Gasteiger partial charge is 0.310 e. The van der Waals surface area contributed by atoms with E-state index < -0.39 is 0 Å². The van der Waals surface area contributed by atoms with Gasteiger partial charge in [0.05, 0.1) is 0 Å². The summed E-state index contributed by atoms with van der Waals surface area (Å²) in [7, 11) is 0. The van der Waals surface area contributed by atoms with Crippen molar-refractivity contribution in [3.05, 3.63) is 151 Å². The molecule has 0 N–H and O–H groups in total. The molecule has 1 aliphatic rings. The van der Waals surface area contributed by atoms with Crippen LogP contribution in [0.5, 0.6) is 0 Å². The van der Waals surface area contributed by atoms with Crippen LogP contribution in [0.15, 0.2) is 146 Å². The lowest BCUT2D eigenvalue weighted by Gasteiger charge is -2.28. The number of hydrogen-bond acceptors (Lipinski definition) is 1. The van der Waals surface area contributed by atoms with E-state index in [9.17, 15) is 0 Å². The molecule has 0 aliphatic heterocycles. The molecular weight excluding hydrogens is 482 g/mol. The minimum Gasteiger partial charge on any atom is -0.310 e. The molecule has 0 bridgehead atoms. The van der Waals surface area contributed by atoms with Gasteiger partial charge in [0.15, 0.2) is 0 Å². The maximum atomic E-state index is 2.38. The monoisotopic (exact) mass is 509 g/mol. The second kappa shape index (κ2) is 8.97. The summed E-state index contributed by atoms with van der Waals surface area (Å²) in [5, 5.41) is 5.10. The maximum Gasteiger partial charge on any atom is 0.0490 e. The number of rotatable bonds is 4. The van der Waals surface area contributed by atoms with Crippen molar-refractivity contribution in [1.29, 1.82) is 0 Å². The smallest absolute Gasteiger partial charge is 0.0490 e. The Balaban J connectivity index is 1.23. The van der Waals surface area contributed by atoms with Gasteiger partial charge in [0, 0.05) is 17.1 Å². The van der Waals surface area contributed by atoms with Crippen molar-refractivity contribution in [2.75, 3.05) is 4.90 Å². The van der Waals surface area contributed by atoms with Crippen molar-refractivity contribution in [3.63, 3.8) is 0 Å². The molecule has 1 heteroatoms. The topological polar surface area (TPSA) is 3.24 Å². The third kappa shape index (κ3) is 3.63. The zero-order valence-corrected chi connectivity index (χ0v) is 22.3. The van der Waals surface area contributed by atoms with Crippen LogP contribution in [0, 0.1) is 6.92 Å². The van der Waals surface area contributed by atoms with Gasteiger partial charge in [-0.15, -0.1) is 0 Å². The molecule has 0 spiro atoms. The second-order valence-corrected chi connectivity index (χ2v) is 10.7. The molecule has 8 rings (SSSR count). The molecular formula is C39H27N. The number of para-hydroxylation sites is 2. The van der Waals surface area contributed by atoms with E-state index in [-0.39, 0.29) is 0 Å². The van der Waals surface area contributed by atoms with Gasteiger partial charge < -0.3 is 4.90 Å². The van der Waals surface area contributed by atoms with Crippen molar-refractivity contribution < 1.29 is 0 Å². The Bertz CT molecular complexity index is 2060. The number of anilines is 3. The van der Waals surface area contributed by atoms with Crippen LogP contribution in [-0.2, 0) is 0 Å². The third-order valence-corrected chi connectivity index (χ3v) is 8.25. The molecule has 0 unspecified atom stereocenters. The molecule has 0 saturated carbocycles. The van der Waals surface area contributed by atoms with Crippen molar-refractivity contribution in [1.82, 2.24) is 0 Å². The molecule has 0 amide bonds. The normalized spacial score (nSPS) is 11.6. The van der Waals surface area contributed by atoms with E-state index in [0.29, 0.717) is 0 Å². The Kier molecular flexibility index (Phi) is 5.11. The van der Waals surface area contributed by atoms with Crippen molar-refractivity contribution >= 4 is 38.6 Å². The Morgan fingerprint density at radius 3 is 1.60 bits per heavy atom. The van der Waals surface area contributed by atoms with Crippen LogP contribution in [0.25, 0.3) is 54.9 Å². The van der Waals surface area contributed by atoms with E-state index in [1.807, 2.05) is 0 Å². The first-order valence-corrected chi connectivity index (χ1v) is 13.9. The number of aryl methyl sites for hydroxylation is 1. The lowest BCUT2D eigenvalue weighted by atomic mass is 9.77. The molecule has 1 aliphatic carbocycles. The second-order valence-electron chi connectivity index (χ2n) is 10.7. The van der Waals surface area contributed by atoms with Crippen LogP contribution in [0.4, 0.5) is 17.1 Å². The quantitative estimate of drug-likeness (QED) is 0.228. The van der Waals surface area contributed by atoms with Gasteiger partial charge in [-0.05, 0) is 128 Å². The first-order chi connectivity index (χ1) is 19.7. The summed E-state index contributed by atoms with van der Waals surface area (Å²) in [6.45, 7) is 2.18. The van der Waals surface area contributed by atoms with Gasteiger partial charge >= 0.3 is 0 Å². The van der Waals surface area contributed by atoms with Gasteiger partial charge in [-0.25, -0.2) is 0 Å². The summed E-state index contributed by atoms with van der Waals surface area (Å²) in [6.07, 6.45) is 0. The number of nitrogens with zero attached hydrogens (tertiary/aromatic N) is 1. The average molecular weight is 510 g/mol. The van der Waals surface area contributed by atoms with Crippen LogP contribution in [-0.4, -0.2) is 0 Å². The van der Waals surface area contributed by atoms with Crippen LogP contribution >= 0.6 is 0 Å². The van der Waals surface area contributed by atoms with Gasteiger partial charge in [0.1, 0.15) is 0 Å². The molecule has 0 saturated heterocycles. The maximum absolute atomic E-state index is 2.38. The van der Waals surface area contributed by atoms with Crippen molar-refractivity contribution in [2.45, 2.75) is 6.92 Å². The fourth-order valence-electron chi connectivity index (χ4n) is 6.18. The van der Waals surface area contributed by atoms with Gasteiger partial charge in [-0.2, -0.15) is 0 Å². The van der Waals surface area contributed by atoms with Crippen LogP contribution < -0.4 is 4.90 Å². The Morgan fingerprint density at radius 1 is 0.375 bits per heavy atom. The summed E-state index contributed by atoms with van der Waals surface area (Å²) in [5.74, 6) is 0. The average Bonchev–Trinajstić information content (AvgIpc) is 3.01. The van der Waals surface area contributed by atoms with E-state index in [4.69, 9.17) is 0 Å². The van der Waals surface area contributed by atoms with Crippen LogP contribution in [0.1, 0.15) is 5.56 Å². The Hall–Kier alpha value is -5.14. The molecule has 1 nitrogen and oxygen atoms in total. The standard InChI is InChI=1S/C39H27N/c1-26-10-8-9-15-39(26)40(33-13-6-3-7-14-33)34-19-18-30-23-36-37-24-31-20-28(27-11-4-2-5-12-27)16-17-29(31)22-35(37)38(36)25-32(30)21-34/h2-25H,1H3. The van der Waals surface area contributed by atoms with E-state index in [2.05, 4.69) is 157 Å². The summed E-state index contributed by atoms with van der Waals surface area (Å²) < 4.78 is 0. The minimum absolute atomic E-state index is 1.16. The molecule has 0 aromatic heterocycles. The van der Waals surface area contributed by atoms with Crippen molar-refractivity contribution in [2.24, 2.45) is 0 Å². The molecule has 0 radical (unpaired) electrons. The number of fused-ring (bicyclic) bond motifs is 6. The molecule has 40 heavy (non-hydrogen) atoms. The lowest BCUT2D eigenvalue weighted by Crippen LogP contribution is -2.11. The van der Waals surface area contributed by atoms with Crippen molar-refractivity contribution in [3.8, 4) is 33.4 Å². The van der Waals surface area contributed by atoms with E-state index in [1.54, 1.807) is 0 Å². The highest BCUT2D eigenvalue weighted by molar-refractivity contribution is 6.12. The first-order valence-electron chi connectivity index (χ1n) is 13.9. The summed E-state index contributed by atoms with van der Waals surface area (Å²) >= 11 is 0. The summed E-state index contributed by atoms with van der Waals surface area (Å²) in [6, 6.07) is 53.0. The first kappa shape index (κ1) is 22.8. The molecule has 188 valence electrons. The van der Waals surface area contributed by atoms with Gasteiger partial charge in [-0.3, -0.25) is 0 Å². The fourth-order valence-corrected chi connectivity index (χ4v) is 6.18. The lowest BCUT2D eigenvalue weighted by molar-refractivity contribution is 1.25. The van der Waals surface area contributed by atoms with Gasteiger partial charge in [0.25, 0.3) is 0 Å². The highest BCUT2D eigenvalue weighted by Gasteiger charge is 2.24. The Labute approximate surface area is 234 Å². The van der Waals surface area contributed by atoms with Crippen LogP contribution in [0.2, 0.25) is 0 Å². The highest BCUT2D eigenvalue weighted by Crippen LogP contribution is 2.51. The molecule has 0 heterocycles. The number of hydrogen-bond donors (Lipinski definition) is 0. The van der Waals surface area contributed by atoms with E-state index in [0.717, 1.165) is 5.69 Å². The molecule has 0 atom stereocenters. The van der Waals surface area contributed by atoms with E-state index in [1.165, 1.54) is 71.9 Å². The summed E-state index contributed by atoms with van der Waals surface area (Å²) in [5.41, 5.74) is 12.7.